The van der Waals surface area contributed by atoms with E-state index in [4.69, 9.17) is 9.47 Å². The van der Waals surface area contributed by atoms with Crippen molar-refractivity contribution >= 4 is 11.8 Å². The number of methoxy groups -OCH3 is 1. The number of carbonyl (C=O) groups is 2. The van der Waals surface area contributed by atoms with Gasteiger partial charge in [-0.05, 0) is 20.8 Å². The summed E-state index contributed by atoms with van der Waals surface area (Å²) in [5.74, 6) is -0.956. The number of aliphatic hydroxyl groups is 2. The fourth-order valence-corrected chi connectivity index (χ4v) is 2.20. The minimum absolute atomic E-state index is 0.101. The Labute approximate surface area is 130 Å². The van der Waals surface area contributed by atoms with Crippen LogP contribution in [-0.4, -0.2) is 84.2 Å². The molecule has 0 aliphatic carbocycles. The molecule has 1 rings (SSSR count). The number of aliphatic hydroxyl groups excluding tert-OH is 2. The van der Waals surface area contributed by atoms with Crippen molar-refractivity contribution in [3.8, 4) is 0 Å². The molecule has 8 nitrogen and oxygen atoms in total. The molecule has 3 atom stereocenters. The van der Waals surface area contributed by atoms with Gasteiger partial charge in [0, 0.05) is 12.6 Å². The first-order chi connectivity index (χ1) is 10.2. The van der Waals surface area contributed by atoms with Gasteiger partial charge in [-0.25, -0.2) is 0 Å². The van der Waals surface area contributed by atoms with E-state index < -0.39 is 35.6 Å². The van der Waals surface area contributed by atoms with Crippen LogP contribution < -0.4 is 5.32 Å². The summed E-state index contributed by atoms with van der Waals surface area (Å²) in [7, 11) is 1.52. The lowest BCUT2D eigenvalue weighted by atomic mass is 10.1. The minimum atomic E-state index is -1.31. The van der Waals surface area contributed by atoms with Crippen LogP contribution in [0.15, 0.2) is 0 Å². The van der Waals surface area contributed by atoms with Crippen LogP contribution in [0.25, 0.3) is 0 Å². The molecule has 1 fully saturated rings. The van der Waals surface area contributed by atoms with Gasteiger partial charge in [0.05, 0.1) is 25.9 Å². The van der Waals surface area contributed by atoms with Crippen LogP contribution in [0.3, 0.4) is 0 Å². The zero-order chi connectivity index (χ0) is 16.9. The molecule has 2 amide bonds. The zero-order valence-electron chi connectivity index (χ0n) is 13.5. The quantitative estimate of drug-likeness (QED) is 0.514. The smallest absolute Gasteiger partial charge is 0.249 e. The second-order valence-corrected chi connectivity index (χ2v) is 6.33. The number of rotatable bonds is 6. The Bertz CT molecular complexity index is 395. The summed E-state index contributed by atoms with van der Waals surface area (Å²) in [6.45, 7) is 5.65. The molecule has 0 radical (unpaired) electrons. The largest absolute Gasteiger partial charge is 0.388 e. The van der Waals surface area contributed by atoms with Gasteiger partial charge in [-0.2, -0.15) is 0 Å². The lowest BCUT2D eigenvalue weighted by Gasteiger charge is -2.29. The molecule has 3 N–H and O–H groups in total. The molecular formula is C14H26N2O6. The molecule has 0 aromatic heterocycles. The van der Waals surface area contributed by atoms with Crippen molar-refractivity contribution in [3.05, 3.63) is 0 Å². The van der Waals surface area contributed by atoms with Crippen LogP contribution in [0, 0.1) is 0 Å². The topological polar surface area (TPSA) is 108 Å². The number of β-amino-alcohol motifs (C(OH)–C–C–N with tert-alkyl or cyclic N) is 1. The van der Waals surface area contributed by atoms with E-state index in [9.17, 15) is 19.8 Å². The van der Waals surface area contributed by atoms with Gasteiger partial charge in [-0.15, -0.1) is 0 Å². The second-order valence-electron chi connectivity index (χ2n) is 6.33. The number of nitrogens with one attached hydrogen (secondary N) is 1. The van der Waals surface area contributed by atoms with Crippen molar-refractivity contribution in [2.45, 2.75) is 44.6 Å². The fraction of sp³-hybridized carbons (Fsp3) is 0.857. The van der Waals surface area contributed by atoms with Gasteiger partial charge >= 0.3 is 0 Å². The van der Waals surface area contributed by atoms with E-state index in [2.05, 4.69) is 5.32 Å². The van der Waals surface area contributed by atoms with Gasteiger partial charge in [0.2, 0.25) is 11.8 Å². The normalized spacial score (nSPS) is 25.4. The van der Waals surface area contributed by atoms with E-state index in [1.807, 2.05) is 0 Å². The van der Waals surface area contributed by atoms with Crippen LogP contribution >= 0.6 is 0 Å². The average Bonchev–Trinajstić information content (AvgIpc) is 2.69. The summed E-state index contributed by atoms with van der Waals surface area (Å²) in [5.41, 5.74) is -0.506. The highest BCUT2D eigenvalue weighted by atomic mass is 16.5. The van der Waals surface area contributed by atoms with Crippen molar-refractivity contribution in [1.29, 1.82) is 0 Å². The second kappa shape index (κ2) is 7.87. The minimum Gasteiger partial charge on any atom is -0.388 e. The number of carbonyl (C=O) groups excluding carboxylic acids is 2. The third kappa shape index (κ3) is 5.20. The molecule has 0 bridgehead atoms. The molecule has 1 aliphatic rings. The molecule has 1 aliphatic heterocycles. The molecular weight excluding hydrogens is 292 g/mol. The monoisotopic (exact) mass is 318 g/mol. The van der Waals surface area contributed by atoms with Gasteiger partial charge in [0.25, 0.3) is 0 Å². The Morgan fingerprint density at radius 2 is 1.91 bits per heavy atom. The summed E-state index contributed by atoms with van der Waals surface area (Å²) in [5, 5.41) is 22.5. The lowest BCUT2D eigenvalue weighted by molar-refractivity contribution is -0.144. The van der Waals surface area contributed by atoms with E-state index in [-0.39, 0.29) is 19.8 Å². The Hall–Kier alpha value is -1.22. The molecule has 0 saturated carbocycles. The van der Waals surface area contributed by atoms with Crippen molar-refractivity contribution < 1.29 is 29.3 Å². The third-order valence-electron chi connectivity index (χ3n) is 3.18. The third-order valence-corrected chi connectivity index (χ3v) is 3.18. The Balaban J connectivity index is 2.70. The van der Waals surface area contributed by atoms with Gasteiger partial charge < -0.3 is 29.9 Å². The van der Waals surface area contributed by atoms with E-state index in [0.29, 0.717) is 6.61 Å². The van der Waals surface area contributed by atoms with Crippen LogP contribution in [0.1, 0.15) is 20.8 Å². The Kier molecular flexibility index (Phi) is 6.73. The van der Waals surface area contributed by atoms with Crippen molar-refractivity contribution in [2.24, 2.45) is 0 Å². The SMILES string of the molecule is COCCOCC(=O)N1C[C@H](O)[C@H](O)[C@H]1C(=O)NC(C)(C)C. The van der Waals surface area contributed by atoms with E-state index in [1.165, 1.54) is 7.11 Å². The number of hydrogen-bond donors (Lipinski definition) is 3. The van der Waals surface area contributed by atoms with Gasteiger partial charge in [0.1, 0.15) is 18.8 Å². The number of nitrogens with zero attached hydrogens (tertiary/aromatic N) is 1. The van der Waals surface area contributed by atoms with Crippen LogP contribution in [0.2, 0.25) is 0 Å². The first-order valence-corrected chi connectivity index (χ1v) is 7.21. The van der Waals surface area contributed by atoms with Crippen molar-refractivity contribution in [2.75, 3.05) is 33.5 Å². The number of hydrogen-bond acceptors (Lipinski definition) is 6. The summed E-state index contributed by atoms with van der Waals surface area (Å²) in [6.07, 6.45) is -2.47. The van der Waals surface area contributed by atoms with Crippen LogP contribution in [-0.2, 0) is 19.1 Å². The lowest BCUT2D eigenvalue weighted by Crippen LogP contribution is -2.55. The zero-order valence-corrected chi connectivity index (χ0v) is 13.5. The summed E-state index contributed by atoms with van der Waals surface area (Å²) < 4.78 is 9.94. The van der Waals surface area contributed by atoms with Gasteiger partial charge in [0.15, 0.2) is 0 Å². The summed E-state index contributed by atoms with van der Waals surface area (Å²) in [4.78, 5) is 25.6. The predicted molar refractivity (Wildman–Crippen MR) is 78.1 cm³/mol. The number of amides is 2. The van der Waals surface area contributed by atoms with Gasteiger partial charge in [-0.3, -0.25) is 9.59 Å². The molecule has 1 heterocycles. The maximum atomic E-state index is 12.3. The predicted octanol–water partition coefficient (Wildman–Crippen LogP) is -1.50. The first kappa shape index (κ1) is 18.8. The van der Waals surface area contributed by atoms with Gasteiger partial charge in [-0.1, -0.05) is 0 Å². The highest BCUT2D eigenvalue weighted by Crippen LogP contribution is 2.20. The molecule has 8 heteroatoms. The van der Waals surface area contributed by atoms with Crippen molar-refractivity contribution in [1.82, 2.24) is 10.2 Å². The molecule has 0 aromatic carbocycles. The first-order valence-electron chi connectivity index (χ1n) is 7.21. The maximum absolute atomic E-state index is 12.3. The number of ether oxygens (including phenoxy) is 2. The highest BCUT2D eigenvalue weighted by molar-refractivity contribution is 5.89. The number of likely N-dealkylation sites (tertiary alicyclic amines) is 1. The van der Waals surface area contributed by atoms with E-state index in [0.717, 1.165) is 4.90 Å². The molecule has 0 spiro atoms. The molecule has 0 aromatic rings. The van der Waals surface area contributed by atoms with E-state index >= 15 is 0 Å². The van der Waals surface area contributed by atoms with E-state index in [1.54, 1.807) is 20.8 Å². The van der Waals surface area contributed by atoms with Crippen molar-refractivity contribution in [3.63, 3.8) is 0 Å². The summed E-state index contributed by atoms with van der Waals surface area (Å²) >= 11 is 0. The average molecular weight is 318 g/mol. The standard InChI is InChI=1S/C14H26N2O6/c1-14(2,3)15-13(20)11-12(19)9(17)7-16(11)10(18)8-22-6-5-21-4/h9,11-12,17,19H,5-8H2,1-4H3,(H,15,20)/t9-,11-,12-/m0/s1. The molecule has 0 unspecified atom stereocenters. The molecule has 1 saturated heterocycles. The Morgan fingerprint density at radius 3 is 2.45 bits per heavy atom. The maximum Gasteiger partial charge on any atom is 0.249 e. The summed E-state index contributed by atoms with van der Waals surface area (Å²) in [6, 6.07) is -1.12. The highest BCUT2D eigenvalue weighted by Gasteiger charge is 2.46. The van der Waals surface area contributed by atoms with Crippen LogP contribution in [0.4, 0.5) is 0 Å². The molecule has 22 heavy (non-hydrogen) atoms. The van der Waals surface area contributed by atoms with Crippen LogP contribution in [0.5, 0.6) is 0 Å². The Morgan fingerprint density at radius 1 is 1.27 bits per heavy atom. The molecule has 128 valence electrons. The fourth-order valence-electron chi connectivity index (χ4n) is 2.20.